The number of amides is 1. The molecule has 0 saturated carbocycles. The Morgan fingerprint density at radius 2 is 2.43 bits per heavy atom. The third-order valence-electron chi connectivity index (χ3n) is 2.12. The zero-order valence-corrected chi connectivity index (χ0v) is 9.36. The lowest BCUT2D eigenvalue weighted by molar-refractivity contribution is -0.122. The van der Waals surface area contributed by atoms with Crippen LogP contribution in [0.4, 0.5) is 0 Å². The Balaban J connectivity index is 2.18. The first-order chi connectivity index (χ1) is 6.74. The quantitative estimate of drug-likeness (QED) is 0.765. The molecule has 78 valence electrons. The van der Waals surface area contributed by atoms with Crippen molar-refractivity contribution < 1.29 is 4.79 Å². The minimum atomic E-state index is -0.113. The molecule has 14 heavy (non-hydrogen) atoms. The van der Waals surface area contributed by atoms with Gasteiger partial charge >= 0.3 is 0 Å². The fraction of sp³-hybridized carbons (Fsp3) is 0.500. The molecule has 2 N–H and O–H groups in total. The third-order valence-corrected chi connectivity index (χ3v) is 2.85. The standard InChI is InChI=1S/C10H16N2OS/c1-8(11-2)10(13)12-5-3-9-4-6-14-7-9/h4,6-8,11H,3,5H2,1-2H3,(H,12,13). The molecule has 0 saturated heterocycles. The summed E-state index contributed by atoms with van der Waals surface area (Å²) in [5, 5.41) is 9.93. The van der Waals surface area contributed by atoms with E-state index in [-0.39, 0.29) is 11.9 Å². The Hall–Kier alpha value is -0.870. The summed E-state index contributed by atoms with van der Waals surface area (Å²) in [6, 6.07) is 1.97. The van der Waals surface area contributed by atoms with E-state index >= 15 is 0 Å². The molecule has 0 radical (unpaired) electrons. The van der Waals surface area contributed by atoms with Gasteiger partial charge in [-0.25, -0.2) is 0 Å². The summed E-state index contributed by atoms with van der Waals surface area (Å²) in [6.45, 7) is 2.56. The van der Waals surface area contributed by atoms with Crippen molar-refractivity contribution in [3.05, 3.63) is 22.4 Å². The molecule has 3 nitrogen and oxygen atoms in total. The lowest BCUT2D eigenvalue weighted by atomic mass is 10.2. The van der Waals surface area contributed by atoms with Gasteiger partial charge in [0.2, 0.25) is 5.91 Å². The molecule has 4 heteroatoms. The van der Waals surface area contributed by atoms with Crippen molar-refractivity contribution in [2.24, 2.45) is 0 Å². The van der Waals surface area contributed by atoms with Crippen LogP contribution in [0.1, 0.15) is 12.5 Å². The lowest BCUT2D eigenvalue weighted by Crippen LogP contribution is -2.41. The van der Waals surface area contributed by atoms with E-state index < -0.39 is 0 Å². The number of hydrogen-bond donors (Lipinski definition) is 2. The topological polar surface area (TPSA) is 41.1 Å². The molecule has 0 aliphatic rings. The van der Waals surface area contributed by atoms with E-state index in [9.17, 15) is 4.79 Å². The van der Waals surface area contributed by atoms with Gasteiger partial charge in [0, 0.05) is 6.54 Å². The van der Waals surface area contributed by atoms with Crippen LogP contribution >= 0.6 is 11.3 Å². The highest BCUT2D eigenvalue weighted by atomic mass is 32.1. The first kappa shape index (κ1) is 11.2. The van der Waals surface area contributed by atoms with Gasteiger partial charge in [-0.3, -0.25) is 4.79 Å². The molecular weight excluding hydrogens is 196 g/mol. The molecule has 1 aromatic rings. The number of carbonyl (C=O) groups excluding carboxylic acids is 1. The molecule has 0 spiro atoms. The molecule has 1 aromatic heterocycles. The largest absolute Gasteiger partial charge is 0.354 e. The highest BCUT2D eigenvalue weighted by Gasteiger charge is 2.08. The van der Waals surface area contributed by atoms with Gasteiger partial charge in [0.15, 0.2) is 0 Å². The first-order valence-electron chi connectivity index (χ1n) is 4.70. The normalized spacial score (nSPS) is 12.4. The Kier molecular flexibility index (Phi) is 4.62. The van der Waals surface area contributed by atoms with Gasteiger partial charge in [0.25, 0.3) is 0 Å². The monoisotopic (exact) mass is 212 g/mol. The van der Waals surface area contributed by atoms with Crippen molar-refractivity contribution in [3.8, 4) is 0 Å². The van der Waals surface area contributed by atoms with Gasteiger partial charge in [-0.05, 0) is 42.8 Å². The van der Waals surface area contributed by atoms with Crippen molar-refractivity contribution >= 4 is 17.2 Å². The van der Waals surface area contributed by atoms with Crippen molar-refractivity contribution in [2.45, 2.75) is 19.4 Å². The Labute approximate surface area is 88.5 Å². The predicted octanol–water partition coefficient (Wildman–Crippen LogP) is 1.01. The molecule has 1 heterocycles. The molecule has 0 aliphatic heterocycles. The fourth-order valence-electron chi connectivity index (χ4n) is 1.05. The lowest BCUT2D eigenvalue weighted by Gasteiger charge is -2.10. The highest BCUT2D eigenvalue weighted by Crippen LogP contribution is 2.05. The van der Waals surface area contributed by atoms with E-state index in [1.807, 2.05) is 12.3 Å². The second-order valence-corrected chi connectivity index (χ2v) is 3.96. The fourth-order valence-corrected chi connectivity index (χ4v) is 1.75. The summed E-state index contributed by atoms with van der Waals surface area (Å²) < 4.78 is 0. The predicted molar refractivity (Wildman–Crippen MR) is 59.6 cm³/mol. The zero-order valence-electron chi connectivity index (χ0n) is 8.54. The number of rotatable bonds is 5. The van der Waals surface area contributed by atoms with Gasteiger partial charge in [-0.1, -0.05) is 0 Å². The minimum absolute atomic E-state index is 0.0581. The molecule has 1 amide bonds. The van der Waals surface area contributed by atoms with Gasteiger partial charge in [-0.15, -0.1) is 0 Å². The van der Waals surface area contributed by atoms with E-state index in [1.54, 1.807) is 18.4 Å². The molecule has 1 atom stereocenters. The average Bonchev–Trinajstić information content (AvgIpc) is 2.69. The Morgan fingerprint density at radius 3 is 3.00 bits per heavy atom. The number of hydrogen-bond acceptors (Lipinski definition) is 3. The van der Waals surface area contributed by atoms with Crippen molar-refractivity contribution in [2.75, 3.05) is 13.6 Å². The first-order valence-corrected chi connectivity index (χ1v) is 5.64. The van der Waals surface area contributed by atoms with Crippen LogP contribution in [-0.2, 0) is 11.2 Å². The summed E-state index contributed by atoms with van der Waals surface area (Å²) in [6.07, 6.45) is 0.908. The second-order valence-electron chi connectivity index (χ2n) is 3.18. The van der Waals surface area contributed by atoms with Gasteiger partial charge in [0.1, 0.15) is 0 Å². The van der Waals surface area contributed by atoms with Crippen molar-refractivity contribution in [3.63, 3.8) is 0 Å². The molecule has 1 unspecified atom stereocenters. The van der Waals surface area contributed by atoms with Crippen LogP contribution in [0.25, 0.3) is 0 Å². The molecule has 0 fully saturated rings. The summed E-state index contributed by atoms with van der Waals surface area (Å²) >= 11 is 1.68. The van der Waals surface area contributed by atoms with Crippen LogP contribution in [-0.4, -0.2) is 25.5 Å². The van der Waals surface area contributed by atoms with Crippen molar-refractivity contribution in [1.29, 1.82) is 0 Å². The third kappa shape index (κ3) is 3.47. The van der Waals surface area contributed by atoms with Crippen LogP contribution in [0.5, 0.6) is 0 Å². The molecule has 0 aliphatic carbocycles. The van der Waals surface area contributed by atoms with Crippen molar-refractivity contribution in [1.82, 2.24) is 10.6 Å². The van der Waals surface area contributed by atoms with E-state index in [4.69, 9.17) is 0 Å². The van der Waals surface area contributed by atoms with E-state index in [1.165, 1.54) is 5.56 Å². The van der Waals surface area contributed by atoms with Gasteiger partial charge in [0.05, 0.1) is 6.04 Å². The number of carbonyl (C=O) groups is 1. The zero-order chi connectivity index (χ0) is 10.4. The summed E-state index contributed by atoms with van der Waals surface area (Å²) in [7, 11) is 1.78. The second kappa shape index (κ2) is 5.78. The summed E-state index contributed by atoms with van der Waals surface area (Å²) in [5.74, 6) is 0.0581. The molecular formula is C10H16N2OS. The van der Waals surface area contributed by atoms with Gasteiger partial charge < -0.3 is 10.6 Å². The van der Waals surface area contributed by atoms with Crippen LogP contribution < -0.4 is 10.6 Å². The Morgan fingerprint density at radius 1 is 1.64 bits per heavy atom. The van der Waals surface area contributed by atoms with Crippen LogP contribution in [0, 0.1) is 0 Å². The maximum absolute atomic E-state index is 11.3. The molecule has 1 rings (SSSR count). The number of nitrogens with one attached hydrogen (secondary N) is 2. The van der Waals surface area contributed by atoms with Crippen LogP contribution in [0.3, 0.4) is 0 Å². The molecule has 0 bridgehead atoms. The maximum Gasteiger partial charge on any atom is 0.236 e. The summed E-state index contributed by atoms with van der Waals surface area (Å²) in [4.78, 5) is 11.3. The number of likely N-dealkylation sites (N-methyl/N-ethyl adjacent to an activating group) is 1. The summed E-state index contributed by atoms with van der Waals surface area (Å²) in [5.41, 5.74) is 1.28. The van der Waals surface area contributed by atoms with Crippen LogP contribution in [0.2, 0.25) is 0 Å². The highest BCUT2D eigenvalue weighted by molar-refractivity contribution is 7.07. The Bertz CT molecular complexity index is 272. The molecule has 0 aromatic carbocycles. The smallest absolute Gasteiger partial charge is 0.236 e. The van der Waals surface area contributed by atoms with E-state index in [2.05, 4.69) is 22.1 Å². The van der Waals surface area contributed by atoms with Gasteiger partial charge in [-0.2, -0.15) is 11.3 Å². The minimum Gasteiger partial charge on any atom is -0.354 e. The van der Waals surface area contributed by atoms with Crippen LogP contribution in [0.15, 0.2) is 16.8 Å². The van der Waals surface area contributed by atoms with E-state index in [0.717, 1.165) is 6.42 Å². The average molecular weight is 212 g/mol. The maximum atomic E-state index is 11.3. The van der Waals surface area contributed by atoms with E-state index in [0.29, 0.717) is 6.54 Å². The number of thiophene rings is 1. The SMILES string of the molecule is CNC(C)C(=O)NCCc1ccsc1.